The van der Waals surface area contributed by atoms with E-state index in [4.69, 9.17) is 15.9 Å². The van der Waals surface area contributed by atoms with Gasteiger partial charge in [0.05, 0.1) is 5.69 Å². The van der Waals surface area contributed by atoms with E-state index in [1.165, 1.54) is 18.3 Å². The van der Waals surface area contributed by atoms with Gasteiger partial charge in [-0.3, -0.25) is 4.98 Å². The van der Waals surface area contributed by atoms with Gasteiger partial charge in [0, 0.05) is 54.0 Å². The number of ether oxygens (including phenoxy) is 1. The van der Waals surface area contributed by atoms with Crippen molar-refractivity contribution < 1.29 is 9.13 Å². The average Bonchev–Trinajstić information content (AvgIpc) is 2.75. The summed E-state index contributed by atoms with van der Waals surface area (Å²) in [6, 6.07) is 10.2. The number of rotatable bonds is 3. The SMILES string of the molecule is CCN/C1=C(\C=N)Cc2cccnc2-c2ccc(F)cc2COc2cc1cnc2N. The molecule has 0 saturated heterocycles. The zero-order valence-corrected chi connectivity index (χ0v) is 16.6. The first-order valence-electron chi connectivity index (χ1n) is 9.69. The number of fused-ring (bicyclic) bond motifs is 5. The predicted octanol–water partition coefficient (Wildman–Crippen LogP) is 3.97. The maximum atomic E-state index is 14.0. The lowest BCUT2D eigenvalue weighted by atomic mass is 9.94. The van der Waals surface area contributed by atoms with Gasteiger partial charge in [0.1, 0.15) is 12.4 Å². The minimum Gasteiger partial charge on any atom is -0.485 e. The molecular weight excluding hydrogens is 381 g/mol. The first-order valence-corrected chi connectivity index (χ1v) is 9.69. The molecule has 0 unspecified atom stereocenters. The molecule has 0 fully saturated rings. The van der Waals surface area contributed by atoms with Crippen molar-refractivity contribution in [2.75, 3.05) is 12.3 Å². The predicted molar refractivity (Wildman–Crippen MR) is 116 cm³/mol. The molecule has 152 valence electrons. The number of allylic oxidation sites excluding steroid dienone is 1. The lowest BCUT2D eigenvalue weighted by molar-refractivity contribution is 0.306. The molecule has 7 heteroatoms. The van der Waals surface area contributed by atoms with Crippen molar-refractivity contribution in [1.82, 2.24) is 15.3 Å². The summed E-state index contributed by atoms with van der Waals surface area (Å²) in [5, 5.41) is 11.4. The lowest BCUT2D eigenvalue weighted by Crippen LogP contribution is -2.16. The molecule has 0 amide bonds. The van der Waals surface area contributed by atoms with Crippen LogP contribution in [0.4, 0.5) is 10.2 Å². The maximum absolute atomic E-state index is 14.0. The van der Waals surface area contributed by atoms with Gasteiger partial charge in [-0.2, -0.15) is 0 Å². The van der Waals surface area contributed by atoms with Crippen molar-refractivity contribution in [1.29, 1.82) is 5.41 Å². The summed E-state index contributed by atoms with van der Waals surface area (Å²) in [7, 11) is 0. The molecule has 2 aromatic heterocycles. The second-order valence-corrected chi connectivity index (χ2v) is 6.96. The summed E-state index contributed by atoms with van der Waals surface area (Å²) in [4.78, 5) is 8.84. The fourth-order valence-electron chi connectivity index (χ4n) is 3.59. The second-order valence-electron chi connectivity index (χ2n) is 6.96. The van der Waals surface area contributed by atoms with Gasteiger partial charge in [-0.05, 0) is 48.4 Å². The van der Waals surface area contributed by atoms with Gasteiger partial charge in [-0.15, -0.1) is 0 Å². The van der Waals surface area contributed by atoms with E-state index in [9.17, 15) is 4.39 Å². The number of nitrogens with one attached hydrogen (secondary N) is 2. The van der Waals surface area contributed by atoms with Crippen molar-refractivity contribution in [3.8, 4) is 17.0 Å². The number of hydrogen-bond acceptors (Lipinski definition) is 6. The van der Waals surface area contributed by atoms with E-state index in [-0.39, 0.29) is 18.2 Å². The smallest absolute Gasteiger partial charge is 0.166 e. The number of halogens is 1. The average molecular weight is 403 g/mol. The highest BCUT2D eigenvalue weighted by Gasteiger charge is 2.18. The van der Waals surface area contributed by atoms with Crippen LogP contribution < -0.4 is 15.8 Å². The van der Waals surface area contributed by atoms with Crippen LogP contribution >= 0.6 is 0 Å². The molecule has 3 aromatic rings. The Hall–Kier alpha value is -3.74. The zero-order valence-electron chi connectivity index (χ0n) is 16.6. The van der Waals surface area contributed by atoms with Gasteiger partial charge >= 0.3 is 0 Å². The molecule has 4 rings (SSSR count). The highest BCUT2D eigenvalue weighted by Crippen LogP contribution is 2.32. The van der Waals surface area contributed by atoms with Crippen LogP contribution in [0.1, 0.15) is 23.6 Å². The number of anilines is 1. The molecule has 30 heavy (non-hydrogen) atoms. The highest BCUT2D eigenvalue weighted by molar-refractivity contribution is 5.90. The molecule has 2 bridgehead atoms. The van der Waals surface area contributed by atoms with Crippen LogP contribution in [0.5, 0.6) is 5.75 Å². The minimum atomic E-state index is -0.351. The number of pyridine rings is 2. The zero-order chi connectivity index (χ0) is 21.1. The van der Waals surface area contributed by atoms with E-state index in [0.29, 0.717) is 24.3 Å². The molecule has 0 aliphatic carbocycles. The third-order valence-corrected chi connectivity index (χ3v) is 5.00. The highest BCUT2D eigenvalue weighted by atomic mass is 19.1. The molecule has 6 nitrogen and oxygen atoms in total. The van der Waals surface area contributed by atoms with Gasteiger partial charge in [0.25, 0.3) is 0 Å². The van der Waals surface area contributed by atoms with Gasteiger partial charge < -0.3 is 21.2 Å². The van der Waals surface area contributed by atoms with Crippen molar-refractivity contribution >= 4 is 17.7 Å². The third-order valence-electron chi connectivity index (χ3n) is 5.00. The van der Waals surface area contributed by atoms with Crippen LogP contribution in [0.2, 0.25) is 0 Å². The van der Waals surface area contributed by atoms with Crippen LogP contribution in [0, 0.1) is 11.2 Å². The number of hydrogen-bond donors (Lipinski definition) is 3. The van der Waals surface area contributed by atoms with Gasteiger partial charge in [-0.25, -0.2) is 9.37 Å². The quantitative estimate of drug-likeness (QED) is 0.575. The Balaban J connectivity index is 1.99. The van der Waals surface area contributed by atoms with Crippen LogP contribution in [0.15, 0.2) is 54.4 Å². The maximum Gasteiger partial charge on any atom is 0.166 e. The van der Waals surface area contributed by atoms with E-state index < -0.39 is 0 Å². The largest absolute Gasteiger partial charge is 0.485 e. The summed E-state index contributed by atoms with van der Waals surface area (Å²) in [5.74, 6) is 0.306. The molecule has 0 atom stereocenters. The van der Waals surface area contributed by atoms with Crippen LogP contribution in [0.25, 0.3) is 17.0 Å². The standard InChI is InChI=1S/C23H22FN5O/c1-2-27-21-15(11-25)8-14-4-3-7-28-22(14)19-6-5-18(24)9-17(19)13-30-20-10-16(21)12-29-23(20)26/h3-7,9-12,25,27H,2,8,13H2,1H3,(H2,26,29)/b21-15-,25-11?. The molecule has 0 spiro atoms. The van der Waals surface area contributed by atoms with Gasteiger partial charge in [0.15, 0.2) is 11.6 Å². The van der Waals surface area contributed by atoms with Gasteiger partial charge in [-0.1, -0.05) is 6.07 Å². The number of aromatic nitrogens is 2. The van der Waals surface area contributed by atoms with Crippen LogP contribution in [0.3, 0.4) is 0 Å². The lowest BCUT2D eigenvalue weighted by Gasteiger charge is -2.19. The first kappa shape index (κ1) is 19.6. The van der Waals surface area contributed by atoms with Crippen molar-refractivity contribution in [2.45, 2.75) is 20.0 Å². The first-order chi connectivity index (χ1) is 14.6. The topological polar surface area (TPSA) is 96.9 Å². The van der Waals surface area contributed by atoms with E-state index in [0.717, 1.165) is 33.7 Å². The van der Waals surface area contributed by atoms with E-state index in [2.05, 4.69) is 15.3 Å². The molecule has 1 aliphatic rings. The molecule has 0 saturated carbocycles. The summed E-state index contributed by atoms with van der Waals surface area (Å²) < 4.78 is 20.0. The Kier molecular flexibility index (Phi) is 5.43. The Labute approximate surface area is 174 Å². The Bertz CT molecular complexity index is 1140. The molecular formula is C23H22FN5O. The Morgan fingerprint density at radius 3 is 2.90 bits per heavy atom. The normalized spacial score (nSPS) is 15.7. The number of nitrogens with zero attached hydrogens (tertiary/aromatic N) is 2. The summed E-state index contributed by atoms with van der Waals surface area (Å²) in [6.07, 6.45) is 5.19. The Morgan fingerprint density at radius 2 is 2.10 bits per heavy atom. The van der Waals surface area contributed by atoms with Crippen LogP contribution in [-0.4, -0.2) is 22.7 Å². The molecule has 3 heterocycles. The second kappa shape index (κ2) is 8.32. The fraction of sp³-hybridized carbons (Fsp3) is 0.174. The number of nitrogens with two attached hydrogens (primary N) is 1. The van der Waals surface area contributed by atoms with Crippen molar-refractivity contribution in [3.05, 3.63) is 76.9 Å². The molecule has 1 aromatic carbocycles. The van der Waals surface area contributed by atoms with Crippen molar-refractivity contribution in [2.24, 2.45) is 0 Å². The summed E-state index contributed by atoms with van der Waals surface area (Å²) in [6.45, 7) is 2.79. The number of benzene rings is 1. The molecule has 0 radical (unpaired) electrons. The van der Waals surface area contributed by atoms with Crippen LogP contribution in [-0.2, 0) is 13.0 Å². The molecule has 1 aliphatic heterocycles. The third kappa shape index (κ3) is 3.74. The minimum absolute atomic E-state index is 0.121. The Morgan fingerprint density at radius 1 is 1.23 bits per heavy atom. The van der Waals surface area contributed by atoms with Gasteiger partial charge in [0.2, 0.25) is 0 Å². The summed E-state index contributed by atoms with van der Waals surface area (Å²) >= 11 is 0. The monoisotopic (exact) mass is 403 g/mol. The van der Waals surface area contributed by atoms with E-state index >= 15 is 0 Å². The van der Waals surface area contributed by atoms with E-state index in [1.807, 2.05) is 19.1 Å². The fourth-order valence-corrected chi connectivity index (χ4v) is 3.59. The van der Waals surface area contributed by atoms with E-state index in [1.54, 1.807) is 24.5 Å². The summed E-state index contributed by atoms with van der Waals surface area (Å²) in [5.41, 5.74) is 11.5. The van der Waals surface area contributed by atoms with Crippen molar-refractivity contribution in [3.63, 3.8) is 0 Å². The molecule has 4 N–H and O–H groups in total. The number of nitrogen functional groups attached to an aromatic ring is 1.